The topological polar surface area (TPSA) is 75.2 Å². The van der Waals surface area contributed by atoms with Crippen molar-refractivity contribution < 1.29 is 4.74 Å². The first-order chi connectivity index (χ1) is 13.5. The fourth-order valence-electron chi connectivity index (χ4n) is 3.42. The lowest BCUT2D eigenvalue weighted by Gasteiger charge is -2.10. The van der Waals surface area contributed by atoms with Crippen LogP contribution < -0.4 is 10.4 Å². The van der Waals surface area contributed by atoms with Crippen molar-refractivity contribution in [2.45, 2.75) is 20.8 Å². The Hall–Kier alpha value is -3.54. The van der Waals surface area contributed by atoms with Crippen molar-refractivity contribution in [2.24, 2.45) is 4.99 Å². The molecule has 0 amide bonds. The number of ether oxygens (including phenoxy) is 1. The largest absolute Gasteiger partial charge is 0.494 e. The summed E-state index contributed by atoms with van der Waals surface area (Å²) in [5, 5.41) is 0. The van der Waals surface area contributed by atoms with Crippen LogP contribution in [0.1, 0.15) is 23.9 Å². The maximum absolute atomic E-state index is 11.4. The molecule has 142 valence electrons. The molecule has 0 saturated heterocycles. The number of fused-ring (bicyclic) bond motifs is 1. The van der Waals surface area contributed by atoms with Crippen LogP contribution in [0.5, 0.6) is 5.75 Å². The number of benzene rings is 2. The molecule has 4 rings (SSSR count). The zero-order valence-electron chi connectivity index (χ0n) is 16.1. The van der Waals surface area contributed by atoms with E-state index >= 15 is 0 Å². The molecule has 0 saturated carbocycles. The van der Waals surface area contributed by atoms with Gasteiger partial charge in [0.2, 0.25) is 0 Å². The second-order valence-electron chi connectivity index (χ2n) is 6.66. The van der Waals surface area contributed by atoms with Crippen LogP contribution in [0.3, 0.4) is 0 Å². The predicted octanol–water partition coefficient (Wildman–Crippen LogP) is 4.41. The number of aryl methyl sites for hydroxylation is 1. The molecule has 0 fully saturated rings. The van der Waals surface area contributed by atoms with Gasteiger partial charge in [-0.15, -0.1) is 0 Å². The van der Waals surface area contributed by atoms with Crippen molar-refractivity contribution >= 4 is 22.9 Å². The molecule has 0 bridgehead atoms. The number of aliphatic imine (C=N–C) groups is 1. The first-order valence-electron chi connectivity index (χ1n) is 9.23. The molecule has 4 aromatic rings. The number of hydrogen-bond donors (Lipinski definition) is 2. The van der Waals surface area contributed by atoms with Crippen LogP contribution in [-0.2, 0) is 0 Å². The van der Waals surface area contributed by atoms with E-state index in [-0.39, 0.29) is 5.69 Å². The lowest BCUT2D eigenvalue weighted by Crippen LogP contribution is -2.00. The van der Waals surface area contributed by atoms with Gasteiger partial charge in [-0.25, -0.2) is 4.79 Å². The first kappa shape index (κ1) is 17.9. The molecule has 0 spiro atoms. The maximum Gasteiger partial charge on any atom is 0.323 e. The molecule has 2 aromatic heterocycles. The molecule has 6 nitrogen and oxygen atoms in total. The van der Waals surface area contributed by atoms with Crippen LogP contribution in [0, 0.1) is 13.8 Å². The number of nitrogens with zero attached hydrogens (tertiary/aromatic N) is 2. The van der Waals surface area contributed by atoms with Crippen molar-refractivity contribution in [3.63, 3.8) is 0 Å². The first-order valence-corrected chi connectivity index (χ1v) is 9.23. The number of aromatic nitrogens is 3. The summed E-state index contributed by atoms with van der Waals surface area (Å²) in [6, 6.07) is 15.8. The van der Waals surface area contributed by atoms with Crippen LogP contribution in [0.4, 0.5) is 5.69 Å². The summed E-state index contributed by atoms with van der Waals surface area (Å²) in [6.07, 6.45) is 1.86. The van der Waals surface area contributed by atoms with E-state index in [2.05, 4.69) is 51.6 Å². The van der Waals surface area contributed by atoms with Gasteiger partial charge in [-0.1, -0.05) is 0 Å². The van der Waals surface area contributed by atoms with Crippen molar-refractivity contribution in [1.82, 2.24) is 14.5 Å². The van der Waals surface area contributed by atoms with E-state index in [9.17, 15) is 4.79 Å². The second kappa shape index (κ2) is 7.23. The lowest BCUT2D eigenvalue weighted by atomic mass is 10.2. The summed E-state index contributed by atoms with van der Waals surface area (Å²) >= 11 is 0. The van der Waals surface area contributed by atoms with Gasteiger partial charge in [0.15, 0.2) is 0 Å². The molecule has 0 radical (unpaired) electrons. The van der Waals surface area contributed by atoms with E-state index in [4.69, 9.17) is 4.74 Å². The number of imidazole rings is 1. The summed E-state index contributed by atoms with van der Waals surface area (Å²) < 4.78 is 7.73. The van der Waals surface area contributed by atoms with E-state index in [1.807, 2.05) is 43.5 Å². The minimum atomic E-state index is -0.213. The van der Waals surface area contributed by atoms with Crippen LogP contribution in [0.2, 0.25) is 0 Å². The maximum atomic E-state index is 11.4. The molecule has 0 aliphatic carbocycles. The highest BCUT2D eigenvalue weighted by atomic mass is 16.5. The van der Waals surface area contributed by atoms with Crippen LogP contribution >= 0.6 is 0 Å². The van der Waals surface area contributed by atoms with E-state index in [1.54, 1.807) is 0 Å². The number of nitrogens with one attached hydrogen (secondary N) is 2. The summed E-state index contributed by atoms with van der Waals surface area (Å²) in [5.74, 6) is 0.869. The van der Waals surface area contributed by atoms with Gasteiger partial charge in [0, 0.05) is 28.9 Å². The quantitative estimate of drug-likeness (QED) is 0.508. The highest BCUT2D eigenvalue weighted by Crippen LogP contribution is 2.23. The molecule has 0 unspecified atom stereocenters. The molecule has 6 heteroatoms. The van der Waals surface area contributed by atoms with Crippen molar-refractivity contribution in [2.75, 3.05) is 6.61 Å². The summed E-state index contributed by atoms with van der Waals surface area (Å²) in [4.78, 5) is 21.5. The Balaban J connectivity index is 1.64. The second-order valence-corrected chi connectivity index (χ2v) is 6.66. The fourth-order valence-corrected chi connectivity index (χ4v) is 3.42. The summed E-state index contributed by atoms with van der Waals surface area (Å²) in [7, 11) is 0. The Morgan fingerprint density at radius 1 is 1.04 bits per heavy atom. The minimum Gasteiger partial charge on any atom is -0.494 e. The Morgan fingerprint density at radius 3 is 2.54 bits per heavy atom. The molecule has 0 aliphatic heterocycles. The van der Waals surface area contributed by atoms with E-state index in [0.717, 1.165) is 45.1 Å². The van der Waals surface area contributed by atoms with Gasteiger partial charge in [-0.05, 0) is 69.3 Å². The van der Waals surface area contributed by atoms with Gasteiger partial charge in [-0.3, -0.25) is 4.99 Å². The monoisotopic (exact) mass is 374 g/mol. The van der Waals surface area contributed by atoms with E-state index in [1.165, 1.54) is 0 Å². The van der Waals surface area contributed by atoms with Gasteiger partial charge in [0.05, 0.1) is 23.3 Å². The number of aromatic amines is 2. The SMILES string of the molecule is CCOc1ccc(-n2c(C)cc(C=Nc3ccc4[nH]c(=O)[nH]c4c3)c2C)cc1. The van der Waals surface area contributed by atoms with Crippen LogP contribution in [-0.4, -0.2) is 27.4 Å². The van der Waals surface area contributed by atoms with Crippen LogP contribution in [0.15, 0.2) is 58.3 Å². The normalized spacial score (nSPS) is 11.5. The molecular weight excluding hydrogens is 352 g/mol. The fraction of sp³-hybridized carbons (Fsp3) is 0.182. The van der Waals surface area contributed by atoms with Gasteiger partial charge in [0.25, 0.3) is 0 Å². The Kier molecular flexibility index (Phi) is 4.61. The Labute approximate surface area is 162 Å². The average Bonchev–Trinajstić information content (AvgIpc) is 3.18. The number of H-pyrrole nitrogens is 2. The number of hydrogen-bond acceptors (Lipinski definition) is 3. The molecule has 28 heavy (non-hydrogen) atoms. The van der Waals surface area contributed by atoms with E-state index in [0.29, 0.717) is 6.61 Å². The van der Waals surface area contributed by atoms with Gasteiger partial charge in [-0.2, -0.15) is 0 Å². The summed E-state index contributed by atoms with van der Waals surface area (Å²) in [6.45, 7) is 6.80. The van der Waals surface area contributed by atoms with Gasteiger partial charge in [0.1, 0.15) is 5.75 Å². The molecule has 2 aromatic carbocycles. The van der Waals surface area contributed by atoms with Gasteiger partial charge >= 0.3 is 5.69 Å². The molecule has 0 aliphatic rings. The molecule has 2 N–H and O–H groups in total. The minimum absolute atomic E-state index is 0.213. The van der Waals surface area contributed by atoms with E-state index < -0.39 is 0 Å². The summed E-state index contributed by atoms with van der Waals surface area (Å²) in [5.41, 5.74) is 6.48. The van der Waals surface area contributed by atoms with Crippen molar-refractivity contribution in [1.29, 1.82) is 0 Å². The third kappa shape index (κ3) is 3.36. The average molecular weight is 374 g/mol. The molecule has 0 atom stereocenters. The molecule has 2 heterocycles. The Bertz CT molecular complexity index is 1210. The highest BCUT2D eigenvalue weighted by Gasteiger charge is 2.09. The zero-order chi connectivity index (χ0) is 19.7. The predicted molar refractivity (Wildman–Crippen MR) is 113 cm³/mol. The number of rotatable bonds is 5. The third-order valence-corrected chi connectivity index (χ3v) is 4.73. The third-order valence-electron chi connectivity index (χ3n) is 4.73. The lowest BCUT2D eigenvalue weighted by molar-refractivity contribution is 0.340. The van der Waals surface area contributed by atoms with Crippen molar-refractivity contribution in [3.05, 3.63) is 76.0 Å². The zero-order valence-corrected chi connectivity index (χ0v) is 16.1. The van der Waals surface area contributed by atoms with Gasteiger partial charge < -0.3 is 19.3 Å². The molecular formula is C22H22N4O2. The smallest absolute Gasteiger partial charge is 0.323 e. The van der Waals surface area contributed by atoms with Crippen molar-refractivity contribution in [3.8, 4) is 11.4 Å². The van der Waals surface area contributed by atoms with Crippen LogP contribution in [0.25, 0.3) is 16.7 Å². The standard InChI is InChI=1S/C22H22N4O2/c1-4-28-19-8-6-18(7-9-19)26-14(2)11-16(15(26)3)13-23-17-5-10-20-21(12-17)25-22(27)24-20/h5-13H,4H2,1-3H3,(H2,24,25,27). The Morgan fingerprint density at radius 2 is 1.79 bits per heavy atom. The highest BCUT2D eigenvalue weighted by molar-refractivity contribution is 5.86.